The first-order valence-electron chi connectivity index (χ1n) is 7.80. The summed E-state index contributed by atoms with van der Waals surface area (Å²) in [5.74, 6) is 0.151. The number of amides is 1. The van der Waals surface area contributed by atoms with Gasteiger partial charge in [-0.3, -0.25) is 9.59 Å². The molecule has 120 valence electrons. The second kappa shape index (κ2) is 8.30. The molecule has 5 heteroatoms. The predicted octanol–water partition coefficient (Wildman–Crippen LogP) is 2.97. The van der Waals surface area contributed by atoms with Crippen molar-refractivity contribution in [2.24, 2.45) is 5.92 Å². The number of benzene rings is 1. The highest BCUT2D eigenvalue weighted by atomic mass is 35.5. The van der Waals surface area contributed by atoms with Crippen molar-refractivity contribution in [1.82, 2.24) is 5.32 Å². The minimum Gasteiger partial charge on any atom is -0.393 e. The van der Waals surface area contributed by atoms with Crippen molar-refractivity contribution in [2.75, 3.05) is 6.54 Å². The van der Waals surface area contributed by atoms with Gasteiger partial charge in [-0.15, -0.1) is 0 Å². The first-order valence-corrected chi connectivity index (χ1v) is 8.17. The molecule has 2 rings (SSSR count). The van der Waals surface area contributed by atoms with E-state index in [2.05, 4.69) is 5.32 Å². The molecule has 1 aliphatic rings. The average Bonchev–Trinajstić information content (AvgIpc) is 2.91. The van der Waals surface area contributed by atoms with Crippen LogP contribution in [0.4, 0.5) is 0 Å². The standard InChI is InChI=1S/C17H22ClNO3/c18-14-9-7-12(8-10-14)15(20)5-2-6-17(22)19-11-13-3-1-4-16(13)21/h7-10,13,16,21H,1-6,11H2,(H,19,22). The van der Waals surface area contributed by atoms with Gasteiger partial charge in [-0.1, -0.05) is 18.0 Å². The van der Waals surface area contributed by atoms with Crippen molar-refractivity contribution in [3.63, 3.8) is 0 Å². The summed E-state index contributed by atoms with van der Waals surface area (Å²) in [4.78, 5) is 23.7. The molecular formula is C17H22ClNO3. The highest BCUT2D eigenvalue weighted by Crippen LogP contribution is 2.24. The maximum Gasteiger partial charge on any atom is 0.220 e. The number of aliphatic hydroxyl groups excluding tert-OH is 1. The molecule has 1 amide bonds. The van der Waals surface area contributed by atoms with Crippen LogP contribution in [0.1, 0.15) is 48.9 Å². The number of Topliss-reactive ketones (excluding diaryl/α,β-unsaturated/α-hetero) is 1. The SMILES string of the molecule is O=C(CCCC(=O)c1ccc(Cl)cc1)NCC1CCCC1O. The molecule has 0 radical (unpaired) electrons. The fourth-order valence-electron chi connectivity index (χ4n) is 2.78. The van der Waals surface area contributed by atoms with Crippen molar-refractivity contribution in [2.45, 2.75) is 44.6 Å². The van der Waals surface area contributed by atoms with Crippen molar-refractivity contribution < 1.29 is 14.7 Å². The minimum absolute atomic E-state index is 0.0238. The van der Waals surface area contributed by atoms with Gasteiger partial charge in [0.25, 0.3) is 0 Å². The second-order valence-electron chi connectivity index (χ2n) is 5.85. The van der Waals surface area contributed by atoms with E-state index in [1.165, 1.54) is 0 Å². The second-order valence-corrected chi connectivity index (χ2v) is 6.28. The number of rotatable bonds is 7. The van der Waals surface area contributed by atoms with Crippen LogP contribution in [0.2, 0.25) is 5.02 Å². The molecular weight excluding hydrogens is 302 g/mol. The number of carbonyl (C=O) groups is 2. The van der Waals surface area contributed by atoms with Crippen LogP contribution < -0.4 is 5.32 Å². The summed E-state index contributed by atoms with van der Waals surface area (Å²) in [5.41, 5.74) is 0.624. The average molecular weight is 324 g/mol. The summed E-state index contributed by atoms with van der Waals surface area (Å²) in [5, 5.41) is 13.1. The van der Waals surface area contributed by atoms with Gasteiger partial charge in [-0.25, -0.2) is 0 Å². The van der Waals surface area contributed by atoms with Crippen LogP contribution in [-0.2, 0) is 4.79 Å². The van der Waals surface area contributed by atoms with Crippen LogP contribution in [0.25, 0.3) is 0 Å². The Labute approximate surface area is 135 Å². The summed E-state index contributed by atoms with van der Waals surface area (Å²) in [7, 11) is 0. The van der Waals surface area contributed by atoms with E-state index >= 15 is 0 Å². The highest BCUT2D eigenvalue weighted by molar-refractivity contribution is 6.30. The van der Waals surface area contributed by atoms with E-state index < -0.39 is 0 Å². The number of aliphatic hydroxyl groups is 1. The quantitative estimate of drug-likeness (QED) is 0.758. The number of halogens is 1. The number of ketones is 1. The van der Waals surface area contributed by atoms with Crippen molar-refractivity contribution >= 4 is 23.3 Å². The zero-order chi connectivity index (χ0) is 15.9. The van der Waals surface area contributed by atoms with E-state index in [9.17, 15) is 14.7 Å². The third-order valence-electron chi connectivity index (χ3n) is 4.15. The van der Waals surface area contributed by atoms with E-state index in [1.54, 1.807) is 24.3 Å². The zero-order valence-electron chi connectivity index (χ0n) is 12.6. The van der Waals surface area contributed by atoms with Gasteiger partial charge in [0.15, 0.2) is 5.78 Å². The molecule has 2 unspecified atom stereocenters. The van der Waals surface area contributed by atoms with Crippen LogP contribution >= 0.6 is 11.6 Å². The molecule has 2 N–H and O–H groups in total. The van der Waals surface area contributed by atoms with Crippen LogP contribution in [-0.4, -0.2) is 29.4 Å². The molecule has 0 heterocycles. The molecule has 1 fully saturated rings. The number of nitrogens with one attached hydrogen (secondary N) is 1. The first-order chi connectivity index (χ1) is 10.6. The number of carbonyl (C=O) groups excluding carboxylic acids is 2. The van der Waals surface area contributed by atoms with Gasteiger partial charge in [-0.2, -0.15) is 0 Å². The summed E-state index contributed by atoms with van der Waals surface area (Å²) < 4.78 is 0. The third kappa shape index (κ3) is 5.11. The Morgan fingerprint density at radius 2 is 1.91 bits per heavy atom. The fourth-order valence-corrected chi connectivity index (χ4v) is 2.90. The lowest BCUT2D eigenvalue weighted by Gasteiger charge is -2.14. The Hall–Kier alpha value is -1.39. The molecule has 1 aromatic rings. The molecule has 1 saturated carbocycles. The molecule has 0 bridgehead atoms. The van der Waals surface area contributed by atoms with E-state index in [4.69, 9.17) is 11.6 Å². The van der Waals surface area contributed by atoms with Crippen molar-refractivity contribution in [3.05, 3.63) is 34.9 Å². The zero-order valence-corrected chi connectivity index (χ0v) is 13.3. The van der Waals surface area contributed by atoms with Gasteiger partial charge < -0.3 is 10.4 Å². The Bertz CT molecular complexity index is 515. The van der Waals surface area contributed by atoms with Crippen molar-refractivity contribution in [3.8, 4) is 0 Å². The van der Waals surface area contributed by atoms with Gasteiger partial charge in [0.1, 0.15) is 0 Å². The maximum absolute atomic E-state index is 11.9. The lowest BCUT2D eigenvalue weighted by Crippen LogP contribution is -2.32. The molecule has 1 aromatic carbocycles. The van der Waals surface area contributed by atoms with E-state index in [0.29, 0.717) is 36.4 Å². The summed E-state index contributed by atoms with van der Waals surface area (Å²) >= 11 is 5.78. The number of hydrogen-bond donors (Lipinski definition) is 2. The maximum atomic E-state index is 11.9. The molecule has 0 spiro atoms. The predicted molar refractivity (Wildman–Crippen MR) is 86.0 cm³/mol. The van der Waals surface area contributed by atoms with Gasteiger partial charge in [0.05, 0.1) is 6.10 Å². The fraction of sp³-hybridized carbons (Fsp3) is 0.529. The Morgan fingerprint density at radius 1 is 1.18 bits per heavy atom. The first kappa shape index (κ1) is 17.0. The topological polar surface area (TPSA) is 66.4 Å². The molecule has 0 saturated heterocycles. The van der Waals surface area contributed by atoms with Crippen LogP contribution in [0.15, 0.2) is 24.3 Å². The van der Waals surface area contributed by atoms with Crippen LogP contribution in [0.5, 0.6) is 0 Å². The van der Waals surface area contributed by atoms with Gasteiger partial charge in [-0.05, 0) is 43.5 Å². The van der Waals surface area contributed by atoms with Gasteiger partial charge in [0, 0.05) is 35.9 Å². The van der Waals surface area contributed by atoms with Crippen LogP contribution in [0, 0.1) is 5.92 Å². The van der Waals surface area contributed by atoms with Gasteiger partial charge >= 0.3 is 0 Å². The number of hydrogen-bond acceptors (Lipinski definition) is 3. The molecule has 4 nitrogen and oxygen atoms in total. The molecule has 0 aliphatic heterocycles. The lowest BCUT2D eigenvalue weighted by molar-refractivity contribution is -0.121. The Kier molecular flexibility index (Phi) is 6.40. The summed E-state index contributed by atoms with van der Waals surface area (Å²) in [6.45, 7) is 0.533. The Morgan fingerprint density at radius 3 is 2.55 bits per heavy atom. The lowest BCUT2D eigenvalue weighted by atomic mass is 10.0. The minimum atomic E-state index is -0.285. The largest absolute Gasteiger partial charge is 0.393 e. The molecule has 1 aliphatic carbocycles. The molecule has 22 heavy (non-hydrogen) atoms. The highest BCUT2D eigenvalue weighted by Gasteiger charge is 2.25. The van der Waals surface area contributed by atoms with E-state index in [0.717, 1.165) is 19.3 Å². The summed E-state index contributed by atoms with van der Waals surface area (Å²) in [6.07, 6.45) is 3.75. The molecule has 0 aromatic heterocycles. The third-order valence-corrected chi connectivity index (χ3v) is 4.41. The Balaban J connectivity index is 1.64. The molecule has 2 atom stereocenters. The smallest absolute Gasteiger partial charge is 0.220 e. The van der Waals surface area contributed by atoms with Gasteiger partial charge in [0.2, 0.25) is 5.91 Å². The van der Waals surface area contributed by atoms with E-state index in [-0.39, 0.29) is 23.7 Å². The monoisotopic (exact) mass is 323 g/mol. The van der Waals surface area contributed by atoms with Crippen LogP contribution in [0.3, 0.4) is 0 Å². The summed E-state index contributed by atoms with van der Waals surface area (Å²) in [6, 6.07) is 6.78. The van der Waals surface area contributed by atoms with Crippen molar-refractivity contribution in [1.29, 1.82) is 0 Å². The normalized spacial score (nSPS) is 20.8. The van der Waals surface area contributed by atoms with E-state index in [1.807, 2.05) is 0 Å².